The van der Waals surface area contributed by atoms with E-state index in [1.165, 1.54) is 31.2 Å². The standard InChI is InChI=1S/C15H20O/c1-11(2)13-10-15(8-5-9-15)16-14-7-4-3-6-12(13)14/h3-4,6-7,11,13H,5,8-10H2,1-2H3. The molecule has 0 bridgehead atoms. The van der Waals surface area contributed by atoms with Crippen LogP contribution in [0.15, 0.2) is 24.3 Å². The van der Waals surface area contributed by atoms with Crippen LogP contribution in [0.2, 0.25) is 0 Å². The van der Waals surface area contributed by atoms with E-state index in [1.54, 1.807) is 0 Å². The van der Waals surface area contributed by atoms with E-state index in [1.807, 2.05) is 0 Å². The van der Waals surface area contributed by atoms with E-state index >= 15 is 0 Å². The second-order valence-electron chi connectivity index (χ2n) is 5.73. The highest BCUT2D eigenvalue weighted by atomic mass is 16.5. The molecule has 0 radical (unpaired) electrons. The van der Waals surface area contributed by atoms with Crippen LogP contribution >= 0.6 is 0 Å². The van der Waals surface area contributed by atoms with Crippen molar-refractivity contribution in [2.24, 2.45) is 5.92 Å². The van der Waals surface area contributed by atoms with Crippen LogP contribution in [0.3, 0.4) is 0 Å². The highest BCUT2D eigenvalue weighted by molar-refractivity contribution is 5.40. The number of rotatable bonds is 1. The second-order valence-corrected chi connectivity index (χ2v) is 5.73. The summed E-state index contributed by atoms with van der Waals surface area (Å²) in [6.45, 7) is 4.66. The summed E-state index contributed by atoms with van der Waals surface area (Å²) in [6.07, 6.45) is 5.07. The van der Waals surface area contributed by atoms with Gasteiger partial charge in [0.05, 0.1) is 0 Å². The first-order valence-corrected chi connectivity index (χ1v) is 6.48. The number of para-hydroxylation sites is 1. The predicted octanol–water partition coefficient (Wildman–Crippen LogP) is 4.13. The second kappa shape index (κ2) is 3.51. The van der Waals surface area contributed by atoms with Crippen LogP contribution in [0, 0.1) is 5.92 Å². The molecule has 86 valence electrons. The number of fused-ring (bicyclic) bond motifs is 1. The highest BCUT2D eigenvalue weighted by Gasteiger charge is 2.45. The van der Waals surface area contributed by atoms with Gasteiger partial charge in [-0.25, -0.2) is 0 Å². The van der Waals surface area contributed by atoms with Crippen molar-refractivity contribution in [2.45, 2.75) is 51.0 Å². The van der Waals surface area contributed by atoms with Crippen LogP contribution < -0.4 is 4.74 Å². The summed E-state index contributed by atoms with van der Waals surface area (Å²) in [6, 6.07) is 8.61. The summed E-state index contributed by atoms with van der Waals surface area (Å²) in [5.41, 5.74) is 1.62. The minimum Gasteiger partial charge on any atom is -0.487 e. The van der Waals surface area contributed by atoms with Crippen molar-refractivity contribution in [3.8, 4) is 5.75 Å². The van der Waals surface area contributed by atoms with Crippen molar-refractivity contribution < 1.29 is 4.74 Å². The Kier molecular flexibility index (Phi) is 2.24. The summed E-state index contributed by atoms with van der Waals surface area (Å²) in [5.74, 6) is 2.54. The molecule has 0 saturated heterocycles. The molecule has 3 rings (SSSR count). The predicted molar refractivity (Wildman–Crippen MR) is 65.8 cm³/mol. The van der Waals surface area contributed by atoms with Crippen LogP contribution in [0.5, 0.6) is 5.75 Å². The van der Waals surface area contributed by atoms with Gasteiger partial charge in [0.1, 0.15) is 11.4 Å². The van der Waals surface area contributed by atoms with Crippen molar-refractivity contribution >= 4 is 0 Å². The van der Waals surface area contributed by atoms with Gasteiger partial charge in [0.25, 0.3) is 0 Å². The zero-order valence-electron chi connectivity index (χ0n) is 10.2. The van der Waals surface area contributed by atoms with Gasteiger partial charge >= 0.3 is 0 Å². The van der Waals surface area contributed by atoms with E-state index in [9.17, 15) is 0 Å². The van der Waals surface area contributed by atoms with Crippen LogP contribution in [0.25, 0.3) is 0 Å². The van der Waals surface area contributed by atoms with E-state index in [4.69, 9.17) is 4.74 Å². The average molecular weight is 216 g/mol. The number of benzene rings is 1. The maximum atomic E-state index is 6.24. The zero-order chi connectivity index (χ0) is 11.2. The van der Waals surface area contributed by atoms with Crippen LogP contribution in [-0.2, 0) is 0 Å². The molecule has 1 aliphatic heterocycles. The summed E-state index contributed by atoms with van der Waals surface area (Å²) in [4.78, 5) is 0. The molecule has 1 aliphatic carbocycles. The van der Waals surface area contributed by atoms with Gasteiger partial charge in [0, 0.05) is 0 Å². The topological polar surface area (TPSA) is 9.23 Å². The Morgan fingerprint density at radius 2 is 2.00 bits per heavy atom. The molecule has 1 unspecified atom stereocenters. The SMILES string of the molecule is CC(C)C1CC2(CCC2)Oc2ccccc21. The third kappa shape index (κ3) is 1.45. The highest BCUT2D eigenvalue weighted by Crippen LogP contribution is 2.51. The van der Waals surface area contributed by atoms with Crippen LogP contribution in [0.4, 0.5) is 0 Å². The molecule has 16 heavy (non-hydrogen) atoms. The lowest BCUT2D eigenvalue weighted by molar-refractivity contribution is -0.0379. The van der Waals surface area contributed by atoms with Gasteiger partial charge in [-0.05, 0) is 49.1 Å². The fraction of sp³-hybridized carbons (Fsp3) is 0.600. The lowest BCUT2D eigenvalue weighted by Crippen LogP contribution is -2.47. The summed E-state index contributed by atoms with van der Waals surface area (Å²) in [7, 11) is 0. The van der Waals surface area contributed by atoms with Crippen molar-refractivity contribution in [3.05, 3.63) is 29.8 Å². The van der Waals surface area contributed by atoms with Gasteiger partial charge in [-0.15, -0.1) is 0 Å². The molecule has 1 fully saturated rings. The maximum Gasteiger partial charge on any atom is 0.123 e. The fourth-order valence-electron chi connectivity index (χ4n) is 3.14. The molecule has 1 nitrogen and oxygen atoms in total. The Bertz CT molecular complexity index is 390. The van der Waals surface area contributed by atoms with Crippen molar-refractivity contribution in [2.75, 3.05) is 0 Å². The van der Waals surface area contributed by atoms with Crippen molar-refractivity contribution in [1.29, 1.82) is 0 Å². The smallest absolute Gasteiger partial charge is 0.123 e. The van der Waals surface area contributed by atoms with Crippen LogP contribution in [-0.4, -0.2) is 5.60 Å². The van der Waals surface area contributed by atoms with Crippen molar-refractivity contribution in [1.82, 2.24) is 0 Å². The summed E-state index contributed by atoms with van der Waals surface area (Å²) in [5, 5.41) is 0. The van der Waals surface area contributed by atoms with Crippen LogP contribution in [0.1, 0.15) is 51.0 Å². The first kappa shape index (κ1) is 10.2. The minimum atomic E-state index is 0.198. The molecule has 2 aliphatic rings. The number of hydrogen-bond acceptors (Lipinski definition) is 1. The zero-order valence-corrected chi connectivity index (χ0v) is 10.2. The average Bonchev–Trinajstić information content (AvgIpc) is 2.25. The Hall–Kier alpha value is -0.980. The van der Waals surface area contributed by atoms with Gasteiger partial charge in [-0.3, -0.25) is 0 Å². The van der Waals surface area contributed by atoms with E-state index in [2.05, 4.69) is 38.1 Å². The van der Waals surface area contributed by atoms with Gasteiger partial charge in [-0.1, -0.05) is 32.0 Å². The largest absolute Gasteiger partial charge is 0.487 e. The van der Waals surface area contributed by atoms with E-state index in [-0.39, 0.29) is 5.60 Å². The number of ether oxygens (including phenoxy) is 1. The molecule has 1 atom stereocenters. The molecule has 1 heterocycles. The molecule has 1 heteroatoms. The Labute approximate surface area is 97.8 Å². The Morgan fingerprint density at radius 3 is 2.62 bits per heavy atom. The summed E-state index contributed by atoms with van der Waals surface area (Å²) >= 11 is 0. The molecule has 0 aromatic heterocycles. The molecular formula is C15H20O. The Balaban J connectivity index is 2.00. The Morgan fingerprint density at radius 1 is 1.25 bits per heavy atom. The van der Waals surface area contributed by atoms with Gasteiger partial charge in [0.2, 0.25) is 0 Å². The maximum absolute atomic E-state index is 6.24. The molecule has 1 aromatic rings. The molecule has 1 aromatic carbocycles. The summed E-state index contributed by atoms with van der Waals surface area (Å²) < 4.78 is 6.24. The van der Waals surface area contributed by atoms with Gasteiger partial charge in [-0.2, -0.15) is 0 Å². The monoisotopic (exact) mass is 216 g/mol. The number of hydrogen-bond donors (Lipinski definition) is 0. The third-order valence-electron chi connectivity index (χ3n) is 4.31. The van der Waals surface area contributed by atoms with E-state index < -0.39 is 0 Å². The molecule has 1 saturated carbocycles. The lowest BCUT2D eigenvalue weighted by Gasteiger charge is -2.48. The minimum absolute atomic E-state index is 0.198. The van der Waals surface area contributed by atoms with Gasteiger partial charge in [0.15, 0.2) is 0 Å². The van der Waals surface area contributed by atoms with E-state index in [0.717, 1.165) is 5.75 Å². The normalized spacial score (nSPS) is 26.1. The molecular weight excluding hydrogens is 196 g/mol. The molecule has 1 spiro atoms. The molecule has 0 N–H and O–H groups in total. The first-order valence-electron chi connectivity index (χ1n) is 6.48. The third-order valence-corrected chi connectivity index (χ3v) is 4.31. The lowest BCUT2D eigenvalue weighted by atomic mass is 9.68. The first-order chi connectivity index (χ1) is 7.70. The fourth-order valence-corrected chi connectivity index (χ4v) is 3.14. The van der Waals surface area contributed by atoms with Crippen molar-refractivity contribution in [3.63, 3.8) is 0 Å². The quantitative estimate of drug-likeness (QED) is 0.685. The van der Waals surface area contributed by atoms with E-state index in [0.29, 0.717) is 11.8 Å². The van der Waals surface area contributed by atoms with Gasteiger partial charge < -0.3 is 4.74 Å². The molecule has 0 amide bonds.